The molecule has 0 aliphatic carbocycles. The summed E-state index contributed by atoms with van der Waals surface area (Å²) < 4.78 is 4.93. The Morgan fingerprint density at radius 1 is 1.33 bits per heavy atom. The molecule has 3 nitrogen and oxygen atoms in total. The van der Waals surface area contributed by atoms with Crippen LogP contribution in [0.4, 0.5) is 0 Å². The molecule has 0 amide bonds. The molecule has 0 N–H and O–H groups in total. The number of carbonyl (C=O) groups is 1. The van der Waals surface area contributed by atoms with E-state index in [9.17, 15) is 4.79 Å². The second-order valence-electron chi connectivity index (χ2n) is 4.86. The Kier molecular flexibility index (Phi) is 4.37. The SMILES string of the molecule is COC(=O)[C@H]1CCCCN1[C@H](C)c1ccccc1. The van der Waals surface area contributed by atoms with Crippen molar-refractivity contribution in [2.24, 2.45) is 0 Å². The number of hydrogen-bond acceptors (Lipinski definition) is 3. The lowest BCUT2D eigenvalue weighted by Crippen LogP contribution is -2.46. The van der Waals surface area contributed by atoms with Gasteiger partial charge >= 0.3 is 5.97 Å². The van der Waals surface area contributed by atoms with Gasteiger partial charge in [-0.3, -0.25) is 9.69 Å². The summed E-state index contributed by atoms with van der Waals surface area (Å²) in [6.45, 7) is 3.13. The topological polar surface area (TPSA) is 29.5 Å². The average Bonchev–Trinajstić information content (AvgIpc) is 2.46. The van der Waals surface area contributed by atoms with Gasteiger partial charge in [0.15, 0.2) is 0 Å². The molecule has 1 fully saturated rings. The van der Waals surface area contributed by atoms with Crippen LogP contribution in [0.3, 0.4) is 0 Å². The number of carbonyl (C=O) groups excluding carboxylic acids is 1. The highest BCUT2D eigenvalue weighted by atomic mass is 16.5. The maximum absolute atomic E-state index is 11.8. The van der Waals surface area contributed by atoms with Gasteiger partial charge in [0.1, 0.15) is 6.04 Å². The van der Waals surface area contributed by atoms with Crippen molar-refractivity contribution in [2.75, 3.05) is 13.7 Å². The quantitative estimate of drug-likeness (QED) is 0.769. The molecule has 2 rings (SSSR count). The van der Waals surface area contributed by atoms with Gasteiger partial charge in [-0.15, -0.1) is 0 Å². The van der Waals surface area contributed by atoms with Crippen LogP contribution < -0.4 is 0 Å². The minimum atomic E-state index is -0.0996. The van der Waals surface area contributed by atoms with Gasteiger partial charge in [0.05, 0.1) is 7.11 Å². The minimum Gasteiger partial charge on any atom is -0.468 e. The summed E-state index contributed by atoms with van der Waals surface area (Å²) in [7, 11) is 1.47. The Labute approximate surface area is 109 Å². The Morgan fingerprint density at radius 2 is 2.06 bits per heavy atom. The smallest absolute Gasteiger partial charge is 0.323 e. The van der Waals surface area contributed by atoms with E-state index in [1.54, 1.807) is 0 Å². The van der Waals surface area contributed by atoms with E-state index in [0.717, 1.165) is 25.8 Å². The highest BCUT2D eigenvalue weighted by Crippen LogP contribution is 2.28. The van der Waals surface area contributed by atoms with Crippen LogP contribution in [0.25, 0.3) is 0 Å². The van der Waals surface area contributed by atoms with Gasteiger partial charge in [-0.05, 0) is 31.9 Å². The zero-order chi connectivity index (χ0) is 13.0. The van der Waals surface area contributed by atoms with Crippen LogP contribution in [0.1, 0.15) is 37.8 Å². The van der Waals surface area contributed by atoms with Crippen LogP contribution in [0.2, 0.25) is 0 Å². The second kappa shape index (κ2) is 6.01. The van der Waals surface area contributed by atoms with Crippen molar-refractivity contribution < 1.29 is 9.53 Å². The van der Waals surface area contributed by atoms with E-state index in [0.29, 0.717) is 0 Å². The Bertz CT molecular complexity index is 391. The predicted molar refractivity (Wildman–Crippen MR) is 71.2 cm³/mol. The molecule has 0 spiro atoms. The zero-order valence-corrected chi connectivity index (χ0v) is 11.1. The van der Waals surface area contributed by atoms with Crippen molar-refractivity contribution in [3.63, 3.8) is 0 Å². The van der Waals surface area contributed by atoms with Gasteiger partial charge < -0.3 is 4.74 Å². The Balaban J connectivity index is 2.16. The number of esters is 1. The molecule has 1 aromatic carbocycles. The summed E-state index contributed by atoms with van der Waals surface area (Å²) in [6, 6.07) is 10.5. The van der Waals surface area contributed by atoms with Crippen LogP contribution in [0, 0.1) is 0 Å². The van der Waals surface area contributed by atoms with E-state index in [1.165, 1.54) is 12.7 Å². The van der Waals surface area contributed by atoms with Crippen LogP contribution >= 0.6 is 0 Å². The summed E-state index contributed by atoms with van der Waals surface area (Å²) in [5, 5.41) is 0. The normalized spacial score (nSPS) is 22.4. The highest BCUT2D eigenvalue weighted by molar-refractivity contribution is 5.75. The standard InChI is InChI=1S/C15H21NO2/c1-12(13-8-4-3-5-9-13)16-11-7-6-10-14(16)15(17)18-2/h3-5,8-9,12,14H,6-7,10-11H2,1-2H3/t12-,14-/m1/s1. The molecule has 98 valence electrons. The van der Waals surface area contributed by atoms with Gasteiger partial charge in [0, 0.05) is 6.04 Å². The molecule has 1 heterocycles. The first kappa shape index (κ1) is 13.1. The van der Waals surface area contributed by atoms with Crippen molar-refractivity contribution in [3.8, 4) is 0 Å². The molecule has 0 radical (unpaired) electrons. The van der Waals surface area contributed by atoms with Gasteiger partial charge in [-0.25, -0.2) is 0 Å². The molecular weight excluding hydrogens is 226 g/mol. The third-order valence-electron chi connectivity index (χ3n) is 3.80. The maximum Gasteiger partial charge on any atom is 0.323 e. The number of methoxy groups -OCH3 is 1. The van der Waals surface area contributed by atoms with Crippen molar-refractivity contribution >= 4 is 5.97 Å². The molecule has 0 unspecified atom stereocenters. The summed E-state index contributed by atoms with van der Waals surface area (Å²) in [5.41, 5.74) is 1.26. The van der Waals surface area contributed by atoms with Crippen LogP contribution in [0.15, 0.2) is 30.3 Å². The molecule has 18 heavy (non-hydrogen) atoms. The summed E-state index contributed by atoms with van der Waals surface area (Å²) >= 11 is 0. The van der Waals surface area contributed by atoms with Crippen molar-refractivity contribution in [3.05, 3.63) is 35.9 Å². The Morgan fingerprint density at radius 3 is 2.72 bits per heavy atom. The van der Waals surface area contributed by atoms with Gasteiger partial charge in [0.25, 0.3) is 0 Å². The molecule has 2 atom stereocenters. The van der Waals surface area contributed by atoms with E-state index in [-0.39, 0.29) is 18.1 Å². The van der Waals surface area contributed by atoms with Gasteiger partial charge in [-0.2, -0.15) is 0 Å². The minimum absolute atomic E-state index is 0.0843. The number of hydrogen-bond donors (Lipinski definition) is 0. The molecule has 0 aromatic heterocycles. The van der Waals surface area contributed by atoms with E-state index < -0.39 is 0 Å². The summed E-state index contributed by atoms with van der Waals surface area (Å²) in [6.07, 6.45) is 3.17. The third-order valence-corrected chi connectivity index (χ3v) is 3.80. The monoisotopic (exact) mass is 247 g/mol. The maximum atomic E-state index is 11.8. The number of nitrogens with zero attached hydrogens (tertiary/aromatic N) is 1. The fraction of sp³-hybridized carbons (Fsp3) is 0.533. The molecule has 0 bridgehead atoms. The first-order valence-electron chi connectivity index (χ1n) is 6.62. The first-order valence-corrected chi connectivity index (χ1v) is 6.62. The lowest BCUT2D eigenvalue weighted by Gasteiger charge is -2.38. The van der Waals surface area contributed by atoms with Crippen molar-refractivity contribution in [1.82, 2.24) is 4.90 Å². The molecule has 1 aromatic rings. The van der Waals surface area contributed by atoms with Crippen LogP contribution in [0.5, 0.6) is 0 Å². The van der Waals surface area contributed by atoms with Crippen molar-refractivity contribution in [1.29, 1.82) is 0 Å². The number of benzene rings is 1. The van der Waals surface area contributed by atoms with Gasteiger partial charge in [-0.1, -0.05) is 36.8 Å². The molecule has 1 aliphatic rings. The molecule has 3 heteroatoms. The fourth-order valence-corrected chi connectivity index (χ4v) is 2.73. The first-order chi connectivity index (χ1) is 8.74. The largest absolute Gasteiger partial charge is 0.468 e. The Hall–Kier alpha value is -1.35. The van der Waals surface area contributed by atoms with E-state index in [1.807, 2.05) is 18.2 Å². The summed E-state index contributed by atoms with van der Waals surface area (Å²) in [4.78, 5) is 14.1. The lowest BCUT2D eigenvalue weighted by atomic mass is 9.97. The van der Waals surface area contributed by atoms with E-state index in [4.69, 9.17) is 4.74 Å². The lowest BCUT2D eigenvalue weighted by molar-refractivity contribution is -0.149. The molecule has 1 aliphatic heterocycles. The van der Waals surface area contributed by atoms with Crippen LogP contribution in [-0.4, -0.2) is 30.6 Å². The number of likely N-dealkylation sites (tertiary alicyclic amines) is 1. The molecule has 1 saturated heterocycles. The third kappa shape index (κ3) is 2.72. The second-order valence-corrected chi connectivity index (χ2v) is 4.86. The summed E-state index contributed by atoms with van der Waals surface area (Å²) in [5.74, 6) is -0.0996. The van der Waals surface area contributed by atoms with Gasteiger partial charge in [0.2, 0.25) is 0 Å². The zero-order valence-electron chi connectivity index (χ0n) is 11.1. The number of rotatable bonds is 3. The predicted octanol–water partition coefficient (Wildman–Crippen LogP) is 2.78. The highest BCUT2D eigenvalue weighted by Gasteiger charge is 2.32. The fourth-order valence-electron chi connectivity index (χ4n) is 2.73. The number of ether oxygens (including phenoxy) is 1. The van der Waals surface area contributed by atoms with E-state index in [2.05, 4.69) is 24.0 Å². The molecular formula is C15H21NO2. The van der Waals surface area contributed by atoms with Crippen molar-refractivity contribution in [2.45, 2.75) is 38.3 Å². The average molecular weight is 247 g/mol. The van der Waals surface area contributed by atoms with E-state index >= 15 is 0 Å². The number of piperidine rings is 1. The van der Waals surface area contributed by atoms with Crippen LogP contribution in [-0.2, 0) is 9.53 Å². The molecule has 0 saturated carbocycles.